The van der Waals surface area contributed by atoms with Crippen LogP contribution in [0.15, 0.2) is 48.9 Å². The minimum absolute atomic E-state index is 0.00734. The largest absolute Gasteiger partial charge is 0.329 e. The Morgan fingerprint density at radius 1 is 1.25 bits per heavy atom. The summed E-state index contributed by atoms with van der Waals surface area (Å²) in [6, 6.07) is 10.2. The average Bonchev–Trinajstić information content (AvgIpc) is 3.07. The number of aryl methyl sites for hydroxylation is 1. The zero-order valence-electron chi connectivity index (χ0n) is 16.1. The van der Waals surface area contributed by atoms with E-state index in [-0.39, 0.29) is 17.1 Å². The zero-order valence-corrected chi connectivity index (χ0v) is 16.1. The number of imidazole rings is 1. The van der Waals surface area contributed by atoms with Gasteiger partial charge in [0, 0.05) is 30.9 Å². The second-order valence-corrected chi connectivity index (χ2v) is 7.82. The number of hydrogen-bond donors (Lipinski definition) is 0. The molecule has 0 saturated carbocycles. The van der Waals surface area contributed by atoms with E-state index in [1.165, 1.54) is 11.8 Å². The molecule has 1 atom stereocenters. The fourth-order valence-corrected chi connectivity index (χ4v) is 3.85. The number of rotatable bonds is 5. The van der Waals surface area contributed by atoms with Crippen molar-refractivity contribution >= 4 is 11.6 Å². The van der Waals surface area contributed by atoms with E-state index in [2.05, 4.69) is 50.4 Å². The molecule has 0 aliphatic carbocycles. The van der Waals surface area contributed by atoms with Crippen LogP contribution in [0.5, 0.6) is 0 Å². The van der Waals surface area contributed by atoms with Gasteiger partial charge in [-0.1, -0.05) is 44.2 Å². The molecular formula is C20H22N6O2. The summed E-state index contributed by atoms with van der Waals surface area (Å²) in [6.45, 7) is 7.51. The van der Waals surface area contributed by atoms with Crippen LogP contribution < -0.4 is 4.90 Å². The highest BCUT2D eigenvalue weighted by molar-refractivity contribution is 5.45. The lowest BCUT2D eigenvalue weighted by atomic mass is 9.74. The molecule has 1 saturated heterocycles. The van der Waals surface area contributed by atoms with Gasteiger partial charge >= 0.3 is 5.69 Å². The van der Waals surface area contributed by atoms with Gasteiger partial charge in [-0.05, 0) is 12.5 Å². The summed E-state index contributed by atoms with van der Waals surface area (Å²) >= 11 is 0. The van der Waals surface area contributed by atoms with Crippen molar-refractivity contribution in [1.29, 1.82) is 0 Å². The Hall–Kier alpha value is -3.29. The SMILES string of the molecule is Cc1nc(N2CC(C)(C)C2c2nccn2Cc2ccccc2)ncc1[N+](=O)[O-]. The molecule has 1 fully saturated rings. The Balaban J connectivity index is 1.66. The van der Waals surface area contributed by atoms with E-state index in [1.807, 2.05) is 30.6 Å². The summed E-state index contributed by atoms with van der Waals surface area (Å²) in [7, 11) is 0. The lowest BCUT2D eigenvalue weighted by molar-refractivity contribution is -0.386. The number of hydrogen-bond acceptors (Lipinski definition) is 6. The van der Waals surface area contributed by atoms with Crippen LogP contribution >= 0.6 is 0 Å². The summed E-state index contributed by atoms with van der Waals surface area (Å²) in [5, 5.41) is 11.1. The molecule has 2 aromatic heterocycles. The number of anilines is 1. The molecule has 1 aliphatic heterocycles. The Kier molecular flexibility index (Phi) is 4.33. The van der Waals surface area contributed by atoms with Gasteiger partial charge in [-0.3, -0.25) is 10.1 Å². The Bertz CT molecular complexity index is 1010. The monoisotopic (exact) mass is 378 g/mol. The molecule has 8 nitrogen and oxygen atoms in total. The van der Waals surface area contributed by atoms with E-state index < -0.39 is 4.92 Å². The number of aromatic nitrogens is 4. The topological polar surface area (TPSA) is 90.0 Å². The summed E-state index contributed by atoms with van der Waals surface area (Å²) < 4.78 is 2.14. The Labute approximate surface area is 163 Å². The van der Waals surface area contributed by atoms with Crippen LogP contribution in [0.25, 0.3) is 0 Å². The van der Waals surface area contributed by atoms with Crippen molar-refractivity contribution < 1.29 is 4.92 Å². The molecule has 1 aliphatic rings. The predicted octanol–water partition coefficient (Wildman–Crippen LogP) is 3.53. The molecule has 1 unspecified atom stereocenters. The van der Waals surface area contributed by atoms with Crippen molar-refractivity contribution in [3.63, 3.8) is 0 Å². The molecule has 8 heteroatoms. The maximum Gasteiger partial charge on any atom is 0.308 e. The van der Waals surface area contributed by atoms with Crippen LogP contribution in [0.3, 0.4) is 0 Å². The maximum atomic E-state index is 11.1. The second kappa shape index (κ2) is 6.70. The Morgan fingerprint density at radius 3 is 2.64 bits per heavy atom. The van der Waals surface area contributed by atoms with Gasteiger partial charge in [0.15, 0.2) is 0 Å². The first-order valence-corrected chi connectivity index (χ1v) is 9.16. The first-order chi connectivity index (χ1) is 13.4. The van der Waals surface area contributed by atoms with Gasteiger partial charge in [0.1, 0.15) is 17.7 Å². The molecule has 1 aromatic carbocycles. The summed E-state index contributed by atoms with van der Waals surface area (Å²) in [6.07, 6.45) is 5.08. The van der Waals surface area contributed by atoms with Gasteiger partial charge in [-0.25, -0.2) is 15.0 Å². The highest BCUT2D eigenvalue weighted by Gasteiger charge is 2.50. The third-order valence-corrected chi connectivity index (χ3v) is 5.21. The van der Waals surface area contributed by atoms with Gasteiger partial charge < -0.3 is 9.47 Å². The summed E-state index contributed by atoms with van der Waals surface area (Å²) in [5.74, 6) is 1.45. The third-order valence-electron chi connectivity index (χ3n) is 5.21. The van der Waals surface area contributed by atoms with E-state index in [1.54, 1.807) is 6.92 Å². The van der Waals surface area contributed by atoms with Gasteiger partial charge in [-0.15, -0.1) is 0 Å². The summed E-state index contributed by atoms with van der Waals surface area (Å²) in [5.41, 5.74) is 1.49. The average molecular weight is 378 g/mol. The molecule has 0 spiro atoms. The van der Waals surface area contributed by atoms with E-state index in [0.717, 1.165) is 18.9 Å². The second-order valence-electron chi connectivity index (χ2n) is 7.82. The number of nitro groups is 1. The third kappa shape index (κ3) is 3.11. The maximum absolute atomic E-state index is 11.1. The standard InChI is InChI=1S/C20H22N6O2/c1-14-16(26(27)28)11-22-19(23-14)25-13-20(2,3)17(25)18-21-9-10-24(18)12-15-7-5-4-6-8-15/h4-11,17H,12-13H2,1-3H3. The van der Waals surface area contributed by atoms with Gasteiger partial charge in [0.05, 0.1) is 11.0 Å². The van der Waals surface area contributed by atoms with Crippen LogP contribution in [0, 0.1) is 22.5 Å². The van der Waals surface area contributed by atoms with Gasteiger partial charge in [0.2, 0.25) is 5.95 Å². The minimum atomic E-state index is -0.455. The molecule has 3 aromatic rings. The van der Waals surface area contributed by atoms with E-state index in [9.17, 15) is 10.1 Å². The summed E-state index contributed by atoms with van der Waals surface area (Å²) in [4.78, 5) is 26.0. The highest BCUT2D eigenvalue weighted by atomic mass is 16.6. The zero-order chi connectivity index (χ0) is 19.9. The van der Waals surface area contributed by atoms with Gasteiger partial charge in [0.25, 0.3) is 0 Å². The smallest absolute Gasteiger partial charge is 0.308 e. The molecule has 0 bridgehead atoms. The molecular weight excluding hydrogens is 356 g/mol. The van der Waals surface area contributed by atoms with E-state index in [4.69, 9.17) is 0 Å². The van der Waals surface area contributed by atoms with Crippen molar-refractivity contribution in [2.75, 3.05) is 11.4 Å². The highest BCUT2D eigenvalue weighted by Crippen LogP contribution is 2.49. The van der Waals surface area contributed by atoms with Crippen LogP contribution in [0.4, 0.5) is 11.6 Å². The van der Waals surface area contributed by atoms with Crippen LogP contribution in [-0.2, 0) is 6.54 Å². The minimum Gasteiger partial charge on any atom is -0.329 e. The molecule has 0 amide bonds. The van der Waals surface area contributed by atoms with Crippen molar-refractivity contribution in [3.8, 4) is 0 Å². The van der Waals surface area contributed by atoms with E-state index in [0.29, 0.717) is 11.6 Å². The van der Waals surface area contributed by atoms with Crippen molar-refractivity contribution in [2.24, 2.45) is 5.41 Å². The number of benzene rings is 1. The molecule has 3 heterocycles. The van der Waals surface area contributed by atoms with E-state index >= 15 is 0 Å². The Morgan fingerprint density at radius 2 is 2.00 bits per heavy atom. The predicted molar refractivity (Wildman–Crippen MR) is 105 cm³/mol. The first-order valence-electron chi connectivity index (χ1n) is 9.16. The van der Waals surface area contributed by atoms with Crippen molar-refractivity contribution in [2.45, 2.75) is 33.4 Å². The lowest BCUT2D eigenvalue weighted by Gasteiger charge is -2.53. The molecule has 0 radical (unpaired) electrons. The van der Waals surface area contributed by atoms with Crippen LogP contribution in [0.1, 0.15) is 37.0 Å². The normalized spacial score (nSPS) is 18.0. The fraction of sp³-hybridized carbons (Fsp3) is 0.350. The first kappa shape index (κ1) is 18.1. The molecule has 144 valence electrons. The van der Waals surface area contributed by atoms with Crippen molar-refractivity contribution in [1.82, 2.24) is 19.5 Å². The van der Waals surface area contributed by atoms with Gasteiger partial charge in [-0.2, -0.15) is 0 Å². The lowest BCUT2D eigenvalue weighted by Crippen LogP contribution is -2.57. The molecule has 0 N–H and O–H groups in total. The molecule has 4 rings (SSSR count). The number of nitrogens with zero attached hydrogens (tertiary/aromatic N) is 6. The van der Waals surface area contributed by atoms with Crippen LogP contribution in [-0.4, -0.2) is 31.0 Å². The van der Waals surface area contributed by atoms with Crippen LogP contribution in [0.2, 0.25) is 0 Å². The van der Waals surface area contributed by atoms with Crippen molar-refractivity contribution in [3.05, 3.63) is 76.1 Å². The quantitative estimate of drug-likeness (QED) is 0.498. The molecule has 28 heavy (non-hydrogen) atoms. The fourth-order valence-electron chi connectivity index (χ4n) is 3.85.